The maximum Gasteiger partial charge on any atom is 0.232 e. The molecule has 0 saturated carbocycles. The summed E-state index contributed by atoms with van der Waals surface area (Å²) >= 11 is 0. The van der Waals surface area contributed by atoms with Gasteiger partial charge in [0.25, 0.3) is 0 Å². The molecule has 33 heavy (non-hydrogen) atoms. The predicted octanol–water partition coefficient (Wildman–Crippen LogP) is 3.87. The molecule has 0 aliphatic carbocycles. The van der Waals surface area contributed by atoms with Crippen LogP contribution in [0.5, 0.6) is 17.2 Å². The Morgan fingerprint density at radius 1 is 1.12 bits per heavy atom. The molecule has 0 unspecified atom stereocenters. The lowest BCUT2D eigenvalue weighted by Gasteiger charge is -2.24. The second-order valence-electron chi connectivity index (χ2n) is 8.50. The highest BCUT2D eigenvalue weighted by Gasteiger charge is 2.22. The van der Waals surface area contributed by atoms with E-state index >= 15 is 0 Å². The highest BCUT2D eigenvalue weighted by Crippen LogP contribution is 2.36. The Labute approximate surface area is 195 Å². The van der Waals surface area contributed by atoms with E-state index in [2.05, 4.69) is 19.2 Å². The van der Waals surface area contributed by atoms with E-state index in [-0.39, 0.29) is 31.7 Å². The van der Waals surface area contributed by atoms with Gasteiger partial charge in [-0.05, 0) is 48.6 Å². The number of nitrogens with one attached hydrogen (secondary N) is 1. The fraction of sp³-hybridized carbons (Fsp3) is 0.458. The van der Waals surface area contributed by atoms with Gasteiger partial charge in [-0.1, -0.05) is 26.0 Å². The SMILES string of the molecule is COc1ccc([C@H](CC(C)C)NC(=O)CCCN(c2ccc3c(c2)OCO3)S(C)(=O)=O)cc1. The molecular weight excluding hydrogens is 444 g/mol. The van der Waals surface area contributed by atoms with Crippen molar-refractivity contribution in [1.29, 1.82) is 0 Å². The van der Waals surface area contributed by atoms with Crippen LogP contribution in [0.1, 0.15) is 44.7 Å². The quantitative estimate of drug-likeness (QED) is 0.529. The molecule has 180 valence electrons. The minimum Gasteiger partial charge on any atom is -0.497 e. The highest BCUT2D eigenvalue weighted by atomic mass is 32.2. The lowest BCUT2D eigenvalue weighted by molar-refractivity contribution is -0.122. The molecule has 1 aliphatic rings. The summed E-state index contributed by atoms with van der Waals surface area (Å²) in [6.07, 6.45) is 2.54. The molecule has 1 atom stereocenters. The van der Waals surface area contributed by atoms with Crippen LogP contribution in [0.25, 0.3) is 0 Å². The second-order valence-corrected chi connectivity index (χ2v) is 10.4. The van der Waals surface area contributed by atoms with E-state index in [4.69, 9.17) is 14.2 Å². The normalized spacial score (nSPS) is 13.6. The first-order chi connectivity index (χ1) is 15.7. The number of amides is 1. The Morgan fingerprint density at radius 2 is 1.82 bits per heavy atom. The van der Waals surface area contributed by atoms with Gasteiger partial charge in [0.2, 0.25) is 22.7 Å². The number of carbonyl (C=O) groups is 1. The van der Waals surface area contributed by atoms with Crippen molar-refractivity contribution in [1.82, 2.24) is 5.32 Å². The highest BCUT2D eigenvalue weighted by molar-refractivity contribution is 7.92. The zero-order chi connectivity index (χ0) is 24.0. The van der Waals surface area contributed by atoms with E-state index in [9.17, 15) is 13.2 Å². The van der Waals surface area contributed by atoms with Crippen molar-refractivity contribution in [2.75, 3.05) is 31.0 Å². The molecule has 2 aromatic rings. The van der Waals surface area contributed by atoms with E-state index in [1.165, 1.54) is 4.31 Å². The number of anilines is 1. The van der Waals surface area contributed by atoms with Gasteiger partial charge in [-0.3, -0.25) is 9.10 Å². The summed E-state index contributed by atoms with van der Waals surface area (Å²) in [7, 11) is -1.91. The molecule has 3 rings (SSSR count). The van der Waals surface area contributed by atoms with Crippen molar-refractivity contribution in [3.63, 3.8) is 0 Å². The van der Waals surface area contributed by atoms with E-state index < -0.39 is 10.0 Å². The molecule has 0 fully saturated rings. The topological polar surface area (TPSA) is 94.2 Å². The van der Waals surface area contributed by atoms with Crippen molar-refractivity contribution >= 4 is 21.6 Å². The lowest BCUT2D eigenvalue weighted by atomic mass is 9.96. The predicted molar refractivity (Wildman–Crippen MR) is 127 cm³/mol. The molecular formula is C24H32N2O6S. The molecule has 0 spiro atoms. The van der Waals surface area contributed by atoms with Crippen LogP contribution in [-0.4, -0.2) is 41.0 Å². The van der Waals surface area contributed by atoms with Gasteiger partial charge in [0.1, 0.15) is 5.75 Å². The van der Waals surface area contributed by atoms with Gasteiger partial charge in [0.15, 0.2) is 11.5 Å². The van der Waals surface area contributed by atoms with E-state index in [1.54, 1.807) is 25.3 Å². The van der Waals surface area contributed by atoms with E-state index in [1.807, 2.05) is 24.3 Å². The summed E-state index contributed by atoms with van der Waals surface area (Å²) in [5.74, 6) is 2.13. The van der Waals surface area contributed by atoms with Crippen molar-refractivity contribution in [3.8, 4) is 17.2 Å². The molecule has 9 heteroatoms. The van der Waals surface area contributed by atoms with Crippen molar-refractivity contribution in [2.45, 2.75) is 39.2 Å². The largest absolute Gasteiger partial charge is 0.497 e. The van der Waals surface area contributed by atoms with Gasteiger partial charge in [0.05, 0.1) is 25.1 Å². The molecule has 0 radical (unpaired) electrons. The molecule has 0 saturated heterocycles. The standard InChI is InChI=1S/C24H32N2O6S/c1-17(2)14-21(18-7-10-20(30-3)11-8-18)25-24(27)6-5-13-26(33(4,28)29)19-9-12-22-23(15-19)32-16-31-22/h7-12,15,17,21H,5-6,13-14,16H2,1-4H3,(H,25,27)/t21-/m0/s1. The Balaban J connectivity index is 1.62. The van der Waals surface area contributed by atoms with Crippen LogP contribution in [0, 0.1) is 5.92 Å². The molecule has 8 nitrogen and oxygen atoms in total. The number of nitrogens with zero attached hydrogens (tertiary/aromatic N) is 1. The molecule has 2 aromatic carbocycles. The summed E-state index contributed by atoms with van der Waals surface area (Å²) < 4.78 is 41.9. The summed E-state index contributed by atoms with van der Waals surface area (Å²) in [5, 5.41) is 3.10. The lowest BCUT2D eigenvalue weighted by Crippen LogP contribution is -2.33. The summed E-state index contributed by atoms with van der Waals surface area (Å²) in [5.41, 5.74) is 1.49. The number of benzene rings is 2. The number of sulfonamides is 1. The molecule has 1 aliphatic heterocycles. The van der Waals surface area contributed by atoms with Crippen LogP contribution in [0.15, 0.2) is 42.5 Å². The minimum atomic E-state index is -3.53. The number of carbonyl (C=O) groups excluding carboxylic acids is 1. The molecule has 1 heterocycles. The first-order valence-electron chi connectivity index (χ1n) is 11.0. The molecule has 1 amide bonds. The monoisotopic (exact) mass is 476 g/mol. The fourth-order valence-electron chi connectivity index (χ4n) is 3.76. The zero-order valence-electron chi connectivity index (χ0n) is 19.5. The number of hydrogen-bond acceptors (Lipinski definition) is 6. The van der Waals surface area contributed by atoms with Gasteiger partial charge in [-0.25, -0.2) is 8.42 Å². The Kier molecular flexibility index (Phi) is 8.07. The molecule has 0 aromatic heterocycles. The van der Waals surface area contributed by atoms with Crippen LogP contribution in [-0.2, 0) is 14.8 Å². The first kappa shape index (κ1) is 24.7. The third kappa shape index (κ3) is 6.77. The van der Waals surface area contributed by atoms with Crippen molar-refractivity contribution in [3.05, 3.63) is 48.0 Å². The number of fused-ring (bicyclic) bond motifs is 1. The number of ether oxygens (including phenoxy) is 3. The molecule has 0 bridgehead atoms. The van der Waals surface area contributed by atoms with Crippen LogP contribution in [0.4, 0.5) is 5.69 Å². The number of rotatable bonds is 11. The van der Waals surface area contributed by atoms with Crippen LogP contribution in [0.2, 0.25) is 0 Å². The van der Waals surface area contributed by atoms with Crippen molar-refractivity contribution in [2.24, 2.45) is 5.92 Å². The average Bonchev–Trinajstić information content (AvgIpc) is 3.23. The van der Waals surface area contributed by atoms with Crippen molar-refractivity contribution < 1.29 is 27.4 Å². The van der Waals surface area contributed by atoms with Crippen LogP contribution in [0.3, 0.4) is 0 Å². The first-order valence-corrected chi connectivity index (χ1v) is 12.8. The van der Waals surface area contributed by atoms with Gasteiger partial charge >= 0.3 is 0 Å². The van der Waals surface area contributed by atoms with Gasteiger partial charge in [-0.15, -0.1) is 0 Å². The average molecular weight is 477 g/mol. The summed E-state index contributed by atoms with van der Waals surface area (Å²) in [6, 6.07) is 12.6. The fourth-order valence-corrected chi connectivity index (χ4v) is 4.72. The Bertz CT molecular complexity index is 1050. The number of methoxy groups -OCH3 is 1. The maximum absolute atomic E-state index is 12.7. The third-order valence-electron chi connectivity index (χ3n) is 5.37. The van der Waals surface area contributed by atoms with E-state index in [0.717, 1.165) is 24.0 Å². The minimum absolute atomic E-state index is 0.115. The zero-order valence-corrected chi connectivity index (χ0v) is 20.4. The van der Waals surface area contributed by atoms with E-state index in [0.29, 0.717) is 29.5 Å². The van der Waals surface area contributed by atoms with Crippen LogP contribution >= 0.6 is 0 Å². The summed E-state index contributed by atoms with van der Waals surface area (Å²) in [4.78, 5) is 12.7. The van der Waals surface area contributed by atoms with Gasteiger partial charge in [-0.2, -0.15) is 0 Å². The summed E-state index contributed by atoms with van der Waals surface area (Å²) in [6.45, 7) is 4.52. The second kappa shape index (κ2) is 10.8. The Hall–Kier alpha value is -2.94. The number of hydrogen-bond donors (Lipinski definition) is 1. The van der Waals surface area contributed by atoms with Gasteiger partial charge < -0.3 is 19.5 Å². The third-order valence-corrected chi connectivity index (χ3v) is 6.56. The maximum atomic E-state index is 12.7. The molecule has 1 N–H and O–H groups in total. The smallest absolute Gasteiger partial charge is 0.232 e. The Morgan fingerprint density at radius 3 is 2.45 bits per heavy atom. The van der Waals surface area contributed by atoms with Gasteiger partial charge in [0, 0.05) is 19.0 Å². The van der Waals surface area contributed by atoms with Crippen LogP contribution < -0.4 is 23.8 Å².